The van der Waals surface area contributed by atoms with Crippen LogP contribution in [0.25, 0.3) is 11.3 Å². The number of rotatable bonds is 2. The van der Waals surface area contributed by atoms with E-state index in [0.29, 0.717) is 6.61 Å². The molecule has 1 aliphatic rings. The predicted molar refractivity (Wildman–Crippen MR) is 63.9 cm³/mol. The number of hydrogen-bond donors (Lipinski definition) is 1. The van der Waals surface area contributed by atoms with E-state index >= 15 is 0 Å². The highest BCUT2D eigenvalue weighted by Crippen LogP contribution is 2.33. The molecule has 1 aromatic heterocycles. The molecule has 0 atom stereocenters. The number of para-hydroxylation sites is 1. The van der Waals surface area contributed by atoms with Gasteiger partial charge in [0.1, 0.15) is 11.4 Å². The average Bonchev–Trinajstić information content (AvgIpc) is 2.82. The molecule has 0 amide bonds. The second-order valence-electron chi connectivity index (χ2n) is 4.03. The number of aromatic nitrogens is 2. The Morgan fingerprint density at radius 3 is 3.12 bits per heavy atom. The van der Waals surface area contributed by atoms with E-state index in [1.165, 1.54) is 5.69 Å². The summed E-state index contributed by atoms with van der Waals surface area (Å²) in [6, 6.07) is 7.91. The maximum absolute atomic E-state index is 5.49. The number of benzene rings is 1. The molecule has 2 aromatic rings. The number of H-pyrrole nitrogens is 1. The lowest BCUT2D eigenvalue weighted by atomic mass is 10.0. The van der Waals surface area contributed by atoms with Gasteiger partial charge >= 0.3 is 0 Å². The van der Waals surface area contributed by atoms with E-state index in [1.807, 2.05) is 24.3 Å². The lowest BCUT2D eigenvalue weighted by molar-refractivity contribution is 0.110. The molecule has 88 valence electrons. The molecule has 17 heavy (non-hydrogen) atoms. The minimum Gasteiger partial charge on any atom is -0.496 e. The molecule has 0 aliphatic carbocycles. The fraction of sp³-hybridized carbons (Fsp3) is 0.308. The first-order valence-electron chi connectivity index (χ1n) is 5.67. The molecule has 1 aliphatic heterocycles. The summed E-state index contributed by atoms with van der Waals surface area (Å²) in [7, 11) is 1.68. The summed E-state index contributed by atoms with van der Waals surface area (Å²) in [5, 5.41) is 7.48. The van der Waals surface area contributed by atoms with Gasteiger partial charge in [0.25, 0.3) is 0 Å². The Hall–Kier alpha value is -1.81. The third-order valence-corrected chi connectivity index (χ3v) is 3.06. The Morgan fingerprint density at radius 1 is 1.35 bits per heavy atom. The molecule has 0 saturated heterocycles. The van der Waals surface area contributed by atoms with Crippen LogP contribution >= 0.6 is 0 Å². The summed E-state index contributed by atoms with van der Waals surface area (Å²) in [5.74, 6) is 0.840. The first kappa shape index (κ1) is 10.4. The van der Waals surface area contributed by atoms with Crippen LogP contribution in [0.3, 0.4) is 0 Å². The second-order valence-corrected chi connectivity index (χ2v) is 4.03. The molecule has 0 saturated carbocycles. The molecule has 0 bridgehead atoms. The molecule has 3 rings (SSSR count). The summed E-state index contributed by atoms with van der Waals surface area (Å²) in [4.78, 5) is 0. The number of hydrogen-bond acceptors (Lipinski definition) is 3. The van der Waals surface area contributed by atoms with Crippen molar-refractivity contribution in [3.63, 3.8) is 0 Å². The van der Waals surface area contributed by atoms with Crippen LogP contribution in [-0.4, -0.2) is 23.9 Å². The molecule has 4 nitrogen and oxygen atoms in total. The zero-order chi connectivity index (χ0) is 11.7. The van der Waals surface area contributed by atoms with E-state index < -0.39 is 0 Å². The number of aromatic amines is 1. The average molecular weight is 230 g/mol. The molecule has 1 N–H and O–H groups in total. The molecule has 4 heteroatoms. The number of fused-ring (bicyclic) bond motifs is 1. The topological polar surface area (TPSA) is 47.1 Å². The predicted octanol–water partition coefficient (Wildman–Crippen LogP) is 2.16. The zero-order valence-electron chi connectivity index (χ0n) is 9.69. The van der Waals surface area contributed by atoms with E-state index in [-0.39, 0.29) is 0 Å². The third kappa shape index (κ3) is 1.70. The van der Waals surface area contributed by atoms with Gasteiger partial charge in [0.05, 0.1) is 20.3 Å². The minimum absolute atomic E-state index is 0.624. The Balaban J connectivity index is 2.12. The van der Waals surface area contributed by atoms with Crippen molar-refractivity contribution < 1.29 is 9.47 Å². The fourth-order valence-electron chi connectivity index (χ4n) is 2.18. The van der Waals surface area contributed by atoms with Crippen molar-refractivity contribution in [2.75, 3.05) is 13.7 Å². The van der Waals surface area contributed by atoms with Gasteiger partial charge in [-0.05, 0) is 12.1 Å². The van der Waals surface area contributed by atoms with Crippen LogP contribution in [0.4, 0.5) is 0 Å². The van der Waals surface area contributed by atoms with Crippen molar-refractivity contribution in [2.24, 2.45) is 0 Å². The summed E-state index contributed by atoms with van der Waals surface area (Å²) in [5.41, 5.74) is 4.29. The van der Waals surface area contributed by atoms with Crippen molar-refractivity contribution in [1.29, 1.82) is 0 Å². The van der Waals surface area contributed by atoms with Gasteiger partial charge in [-0.15, -0.1) is 0 Å². The summed E-state index contributed by atoms with van der Waals surface area (Å²) in [6.07, 6.45) is 0.900. The standard InChI is InChI=1S/C13H14N2O2/c1-16-12-5-3-2-4-9(12)13-10-8-17-7-6-11(10)14-15-13/h2-5H,6-8H2,1H3,(H,14,15). The van der Waals surface area contributed by atoms with Crippen molar-refractivity contribution in [3.05, 3.63) is 35.5 Å². The summed E-state index contributed by atoms with van der Waals surface area (Å²) in [6.45, 7) is 1.39. The van der Waals surface area contributed by atoms with Crippen LogP contribution in [0.5, 0.6) is 5.75 Å². The van der Waals surface area contributed by atoms with Crippen LogP contribution in [0.2, 0.25) is 0 Å². The van der Waals surface area contributed by atoms with Gasteiger partial charge in [0.15, 0.2) is 0 Å². The molecule has 0 unspecified atom stereocenters. The normalized spacial score (nSPS) is 14.4. The smallest absolute Gasteiger partial charge is 0.128 e. The van der Waals surface area contributed by atoms with Gasteiger partial charge in [-0.1, -0.05) is 12.1 Å². The van der Waals surface area contributed by atoms with E-state index in [1.54, 1.807) is 7.11 Å². The highest BCUT2D eigenvalue weighted by Gasteiger charge is 2.20. The lowest BCUT2D eigenvalue weighted by Crippen LogP contribution is -2.09. The van der Waals surface area contributed by atoms with Gasteiger partial charge in [0, 0.05) is 23.2 Å². The van der Waals surface area contributed by atoms with Gasteiger partial charge in [0.2, 0.25) is 0 Å². The van der Waals surface area contributed by atoms with E-state index in [4.69, 9.17) is 9.47 Å². The second kappa shape index (κ2) is 4.22. The minimum atomic E-state index is 0.624. The Kier molecular flexibility index (Phi) is 2.57. The van der Waals surface area contributed by atoms with Crippen molar-refractivity contribution in [2.45, 2.75) is 13.0 Å². The fourth-order valence-corrected chi connectivity index (χ4v) is 2.18. The molecule has 0 spiro atoms. The van der Waals surface area contributed by atoms with Gasteiger partial charge in [-0.3, -0.25) is 5.10 Å². The molecule has 0 radical (unpaired) electrons. The number of nitrogens with one attached hydrogen (secondary N) is 1. The molecular weight excluding hydrogens is 216 g/mol. The van der Waals surface area contributed by atoms with Gasteiger partial charge in [-0.25, -0.2) is 0 Å². The van der Waals surface area contributed by atoms with Gasteiger partial charge < -0.3 is 9.47 Å². The number of nitrogens with zero attached hydrogens (tertiary/aromatic N) is 1. The van der Waals surface area contributed by atoms with Crippen LogP contribution in [0.15, 0.2) is 24.3 Å². The highest BCUT2D eigenvalue weighted by atomic mass is 16.5. The third-order valence-electron chi connectivity index (χ3n) is 3.06. The van der Waals surface area contributed by atoms with Gasteiger partial charge in [-0.2, -0.15) is 5.10 Å². The highest BCUT2D eigenvalue weighted by molar-refractivity contribution is 5.70. The Labute approximate surface area is 99.6 Å². The maximum atomic E-state index is 5.49. The van der Waals surface area contributed by atoms with E-state index in [2.05, 4.69) is 10.2 Å². The number of methoxy groups -OCH3 is 1. The van der Waals surface area contributed by atoms with Crippen molar-refractivity contribution >= 4 is 0 Å². The Morgan fingerprint density at radius 2 is 2.24 bits per heavy atom. The largest absolute Gasteiger partial charge is 0.496 e. The SMILES string of the molecule is COc1ccccc1-c1n[nH]c2c1COCC2. The maximum Gasteiger partial charge on any atom is 0.128 e. The van der Waals surface area contributed by atoms with Crippen LogP contribution in [-0.2, 0) is 17.8 Å². The first-order chi connectivity index (χ1) is 8.40. The quantitative estimate of drug-likeness (QED) is 0.860. The van der Waals surface area contributed by atoms with Crippen molar-refractivity contribution in [3.8, 4) is 17.0 Å². The first-order valence-corrected chi connectivity index (χ1v) is 5.67. The zero-order valence-corrected chi connectivity index (χ0v) is 9.69. The summed E-state index contributed by atoms with van der Waals surface area (Å²) < 4.78 is 10.9. The van der Waals surface area contributed by atoms with E-state index in [0.717, 1.165) is 35.6 Å². The lowest BCUT2D eigenvalue weighted by Gasteiger charge is -2.13. The molecular formula is C13H14N2O2. The van der Waals surface area contributed by atoms with Crippen LogP contribution in [0.1, 0.15) is 11.3 Å². The monoisotopic (exact) mass is 230 g/mol. The van der Waals surface area contributed by atoms with Crippen molar-refractivity contribution in [1.82, 2.24) is 10.2 Å². The molecule has 0 fully saturated rings. The summed E-state index contributed by atoms with van der Waals surface area (Å²) >= 11 is 0. The molecule has 2 heterocycles. The van der Waals surface area contributed by atoms with E-state index in [9.17, 15) is 0 Å². The Bertz CT molecular complexity index is 534. The molecule has 1 aromatic carbocycles. The van der Waals surface area contributed by atoms with Crippen LogP contribution < -0.4 is 4.74 Å². The number of ether oxygens (including phenoxy) is 2. The van der Waals surface area contributed by atoms with Crippen LogP contribution in [0, 0.1) is 0 Å².